The highest BCUT2D eigenvalue weighted by Gasteiger charge is 2.32. The summed E-state index contributed by atoms with van der Waals surface area (Å²) < 4.78 is 59.9. The van der Waals surface area contributed by atoms with Gasteiger partial charge >= 0.3 is 6.18 Å². The first-order valence-electron chi connectivity index (χ1n) is 9.16. The number of hydrogen-bond donors (Lipinski definition) is 0. The summed E-state index contributed by atoms with van der Waals surface area (Å²) in [6.45, 7) is 0.794. The summed E-state index contributed by atoms with van der Waals surface area (Å²) in [5.41, 5.74) is 0.132. The van der Waals surface area contributed by atoms with Crippen molar-refractivity contribution in [1.82, 2.24) is 4.90 Å². The minimum absolute atomic E-state index is 0.196. The van der Waals surface area contributed by atoms with Gasteiger partial charge in [-0.3, -0.25) is 4.79 Å². The molecule has 3 rings (SSSR count). The summed E-state index contributed by atoms with van der Waals surface area (Å²) in [5.74, 6) is 0.841. The molecular weight excluding hydrogens is 403 g/mol. The lowest BCUT2D eigenvalue weighted by molar-refractivity contribution is -0.137. The average molecular weight is 425 g/mol. The van der Waals surface area contributed by atoms with E-state index in [1.165, 1.54) is 33.5 Å². The maximum absolute atomic E-state index is 13.2. The Bertz CT molecular complexity index is 899. The first kappa shape index (κ1) is 21.8. The maximum atomic E-state index is 13.2. The van der Waals surface area contributed by atoms with E-state index in [2.05, 4.69) is 0 Å². The molecule has 2 aromatic carbocycles. The third-order valence-corrected chi connectivity index (χ3v) is 4.90. The molecule has 2 aromatic rings. The maximum Gasteiger partial charge on any atom is 0.416 e. The number of rotatable bonds is 5. The van der Waals surface area contributed by atoms with E-state index < -0.39 is 17.8 Å². The predicted molar refractivity (Wildman–Crippen MR) is 102 cm³/mol. The van der Waals surface area contributed by atoms with Gasteiger partial charge in [-0.2, -0.15) is 13.2 Å². The standard InChI is InChI=1S/C21H22F3NO5/c1-27-16-11-18(29-3)17(28-2)10-15(16)20(26)25-8-9-30-19(12-25)13-4-6-14(7-5-13)21(22,23)24/h4-7,10-11,19H,8-9,12H2,1-3H3/t19-/m1/s1. The van der Waals surface area contributed by atoms with E-state index >= 15 is 0 Å². The van der Waals surface area contributed by atoms with Gasteiger partial charge in [-0.25, -0.2) is 0 Å². The quantitative estimate of drug-likeness (QED) is 0.726. The van der Waals surface area contributed by atoms with Gasteiger partial charge in [-0.05, 0) is 17.7 Å². The van der Waals surface area contributed by atoms with Crippen LogP contribution in [0.25, 0.3) is 0 Å². The molecule has 1 aliphatic rings. The van der Waals surface area contributed by atoms with Gasteiger partial charge in [0.05, 0.1) is 45.6 Å². The van der Waals surface area contributed by atoms with Gasteiger partial charge < -0.3 is 23.8 Å². The number of nitrogens with zero attached hydrogens (tertiary/aromatic N) is 1. The summed E-state index contributed by atoms with van der Waals surface area (Å²) in [6.07, 6.45) is -4.94. The summed E-state index contributed by atoms with van der Waals surface area (Å²) in [7, 11) is 4.39. The van der Waals surface area contributed by atoms with E-state index in [0.29, 0.717) is 34.9 Å². The van der Waals surface area contributed by atoms with Crippen molar-refractivity contribution in [1.29, 1.82) is 0 Å². The van der Waals surface area contributed by atoms with Gasteiger partial charge in [0.1, 0.15) is 11.9 Å². The van der Waals surface area contributed by atoms with E-state index in [0.717, 1.165) is 12.1 Å². The number of morpholine rings is 1. The minimum atomic E-state index is -4.40. The number of carbonyl (C=O) groups is 1. The Morgan fingerprint density at radius 2 is 1.60 bits per heavy atom. The summed E-state index contributed by atoms with van der Waals surface area (Å²) in [4.78, 5) is 14.7. The van der Waals surface area contributed by atoms with E-state index in [4.69, 9.17) is 18.9 Å². The van der Waals surface area contributed by atoms with Crippen molar-refractivity contribution in [2.45, 2.75) is 12.3 Å². The molecule has 1 aliphatic heterocycles. The molecule has 0 unspecified atom stereocenters. The lowest BCUT2D eigenvalue weighted by Gasteiger charge is -2.33. The van der Waals surface area contributed by atoms with Crippen LogP contribution in [0.2, 0.25) is 0 Å². The molecule has 0 aromatic heterocycles. The molecule has 0 spiro atoms. The Labute approximate surface area is 172 Å². The van der Waals surface area contributed by atoms with Crippen molar-refractivity contribution in [3.05, 3.63) is 53.1 Å². The number of hydrogen-bond acceptors (Lipinski definition) is 5. The molecule has 0 saturated carbocycles. The molecule has 1 amide bonds. The molecule has 0 radical (unpaired) electrons. The number of halogens is 3. The second-order valence-corrected chi connectivity index (χ2v) is 6.64. The first-order chi connectivity index (χ1) is 14.3. The van der Waals surface area contributed by atoms with Crippen molar-refractivity contribution in [3.8, 4) is 17.2 Å². The molecule has 1 heterocycles. The Kier molecular flexibility index (Phi) is 6.40. The second-order valence-electron chi connectivity index (χ2n) is 6.64. The molecule has 0 N–H and O–H groups in total. The number of carbonyl (C=O) groups excluding carboxylic acids is 1. The molecule has 1 fully saturated rings. The Morgan fingerprint density at radius 1 is 1.00 bits per heavy atom. The van der Waals surface area contributed by atoms with E-state index in [1.54, 1.807) is 17.0 Å². The van der Waals surface area contributed by atoms with Crippen LogP contribution in [0.5, 0.6) is 17.2 Å². The predicted octanol–water partition coefficient (Wildman–Crippen LogP) is 3.94. The SMILES string of the molecule is COc1cc(OC)c(C(=O)N2CCO[C@@H](c3ccc(C(F)(F)F)cc3)C2)cc1OC. The number of ether oxygens (including phenoxy) is 4. The zero-order valence-electron chi connectivity index (χ0n) is 16.8. The topological polar surface area (TPSA) is 57.2 Å². The van der Waals surface area contributed by atoms with E-state index in [1.807, 2.05) is 0 Å². The lowest BCUT2D eigenvalue weighted by atomic mass is 10.0. The molecular formula is C21H22F3NO5. The summed E-state index contributed by atoms with van der Waals surface area (Å²) in [5, 5.41) is 0. The third kappa shape index (κ3) is 4.46. The number of amides is 1. The third-order valence-electron chi connectivity index (χ3n) is 4.90. The number of alkyl halides is 3. The zero-order chi connectivity index (χ0) is 21.9. The van der Waals surface area contributed by atoms with Crippen LogP contribution in [-0.4, -0.2) is 51.8 Å². The van der Waals surface area contributed by atoms with Crippen LogP contribution in [0, 0.1) is 0 Å². The minimum Gasteiger partial charge on any atom is -0.496 e. The smallest absolute Gasteiger partial charge is 0.416 e. The molecule has 9 heteroatoms. The van der Waals surface area contributed by atoms with Crippen LogP contribution in [-0.2, 0) is 10.9 Å². The van der Waals surface area contributed by atoms with Crippen molar-refractivity contribution in [3.63, 3.8) is 0 Å². The van der Waals surface area contributed by atoms with Crippen molar-refractivity contribution < 1.29 is 36.9 Å². The Morgan fingerprint density at radius 3 is 2.17 bits per heavy atom. The normalized spacial score (nSPS) is 16.9. The van der Waals surface area contributed by atoms with Gasteiger partial charge in [0.25, 0.3) is 5.91 Å². The lowest BCUT2D eigenvalue weighted by Crippen LogP contribution is -2.42. The first-order valence-corrected chi connectivity index (χ1v) is 9.16. The van der Waals surface area contributed by atoms with Crippen LogP contribution >= 0.6 is 0 Å². The van der Waals surface area contributed by atoms with Crippen molar-refractivity contribution >= 4 is 5.91 Å². The molecule has 1 atom stereocenters. The van der Waals surface area contributed by atoms with Gasteiger partial charge in [0, 0.05) is 18.7 Å². The molecule has 6 nitrogen and oxygen atoms in total. The molecule has 30 heavy (non-hydrogen) atoms. The average Bonchev–Trinajstić information content (AvgIpc) is 2.77. The molecule has 1 saturated heterocycles. The molecule has 0 aliphatic carbocycles. The number of methoxy groups -OCH3 is 3. The van der Waals surface area contributed by atoms with Crippen LogP contribution in [0.15, 0.2) is 36.4 Å². The monoisotopic (exact) mass is 425 g/mol. The highest BCUT2D eigenvalue weighted by Crippen LogP contribution is 2.36. The van der Waals surface area contributed by atoms with E-state index in [9.17, 15) is 18.0 Å². The Hall–Kier alpha value is -2.94. The fraction of sp³-hybridized carbons (Fsp3) is 0.381. The second kappa shape index (κ2) is 8.83. The molecule has 162 valence electrons. The highest BCUT2D eigenvalue weighted by molar-refractivity contribution is 5.98. The van der Waals surface area contributed by atoms with Gasteiger partial charge in [-0.1, -0.05) is 12.1 Å². The summed E-state index contributed by atoms with van der Waals surface area (Å²) >= 11 is 0. The van der Waals surface area contributed by atoms with Crippen LogP contribution in [0.3, 0.4) is 0 Å². The zero-order valence-corrected chi connectivity index (χ0v) is 16.8. The fourth-order valence-electron chi connectivity index (χ4n) is 3.29. The van der Waals surface area contributed by atoms with Crippen LogP contribution in [0.1, 0.15) is 27.6 Å². The Balaban J connectivity index is 1.82. The highest BCUT2D eigenvalue weighted by atomic mass is 19.4. The van der Waals surface area contributed by atoms with E-state index in [-0.39, 0.29) is 19.1 Å². The van der Waals surface area contributed by atoms with Crippen molar-refractivity contribution in [2.24, 2.45) is 0 Å². The van der Waals surface area contributed by atoms with Crippen LogP contribution in [0.4, 0.5) is 13.2 Å². The van der Waals surface area contributed by atoms with Crippen molar-refractivity contribution in [2.75, 3.05) is 41.0 Å². The number of benzene rings is 2. The van der Waals surface area contributed by atoms with Gasteiger partial charge in [0.2, 0.25) is 0 Å². The van der Waals surface area contributed by atoms with Gasteiger partial charge in [-0.15, -0.1) is 0 Å². The molecule has 0 bridgehead atoms. The van der Waals surface area contributed by atoms with Gasteiger partial charge in [0.15, 0.2) is 11.5 Å². The summed E-state index contributed by atoms with van der Waals surface area (Å²) in [6, 6.07) is 7.88. The fourth-order valence-corrected chi connectivity index (χ4v) is 3.29. The largest absolute Gasteiger partial charge is 0.496 e. The van der Waals surface area contributed by atoms with Crippen LogP contribution < -0.4 is 14.2 Å².